The minimum Gasteiger partial charge on any atom is -0.463 e. The molecule has 18 heavy (non-hydrogen) atoms. The summed E-state index contributed by atoms with van der Waals surface area (Å²) in [6.45, 7) is 7.74. The summed E-state index contributed by atoms with van der Waals surface area (Å²) in [5, 5.41) is 3.09. The van der Waals surface area contributed by atoms with Gasteiger partial charge in [-0.3, -0.25) is 0 Å². The molecule has 1 rings (SSSR count). The number of nitrogen functional groups attached to an aromatic ring is 1. The lowest BCUT2D eigenvalue weighted by Crippen LogP contribution is -2.23. The Hall–Kier alpha value is -1.63. The quantitative estimate of drug-likeness (QED) is 0.717. The number of aromatic nitrogens is 3. The average Bonchev–Trinajstić information content (AvgIpc) is 2.33. The van der Waals surface area contributed by atoms with Gasteiger partial charge in [-0.05, 0) is 20.3 Å². The minimum absolute atomic E-state index is 0.0887. The zero-order valence-electron chi connectivity index (χ0n) is 11.1. The van der Waals surface area contributed by atoms with Crippen LogP contribution in [0.5, 0.6) is 6.01 Å². The van der Waals surface area contributed by atoms with Gasteiger partial charge >= 0.3 is 6.01 Å². The Kier molecular flexibility index (Phi) is 6.13. The van der Waals surface area contributed by atoms with Crippen LogP contribution in [0, 0.1) is 0 Å². The maximum Gasteiger partial charge on any atom is 0.323 e. The molecule has 1 aromatic heterocycles. The molecule has 3 N–H and O–H groups in total. The Morgan fingerprint density at radius 2 is 2.06 bits per heavy atom. The van der Waals surface area contributed by atoms with Gasteiger partial charge in [-0.15, -0.1) is 0 Å². The predicted molar refractivity (Wildman–Crippen MR) is 69.6 cm³/mol. The van der Waals surface area contributed by atoms with Crippen LogP contribution >= 0.6 is 0 Å². The number of hydrogen-bond donors (Lipinski definition) is 2. The van der Waals surface area contributed by atoms with Gasteiger partial charge in [-0.25, -0.2) is 0 Å². The lowest BCUT2D eigenvalue weighted by molar-refractivity contribution is 0.141. The van der Waals surface area contributed by atoms with Crippen LogP contribution in [-0.4, -0.2) is 40.8 Å². The largest absolute Gasteiger partial charge is 0.463 e. The van der Waals surface area contributed by atoms with Gasteiger partial charge in [0.15, 0.2) is 0 Å². The number of nitrogens with one attached hydrogen (secondary N) is 1. The highest BCUT2D eigenvalue weighted by Crippen LogP contribution is 2.10. The topological polar surface area (TPSA) is 95.2 Å². The Morgan fingerprint density at radius 3 is 2.72 bits per heavy atom. The maximum atomic E-state index is 5.59. The van der Waals surface area contributed by atoms with Crippen molar-refractivity contribution in [2.45, 2.75) is 33.2 Å². The normalized spacial score (nSPS) is 12.2. The number of nitrogens with zero attached hydrogens (tertiary/aromatic N) is 3. The van der Waals surface area contributed by atoms with Crippen LogP contribution in [-0.2, 0) is 4.74 Å². The van der Waals surface area contributed by atoms with Crippen molar-refractivity contribution in [3.05, 3.63) is 0 Å². The molecule has 0 saturated carbocycles. The summed E-state index contributed by atoms with van der Waals surface area (Å²) in [5.41, 5.74) is 5.59. The SMILES string of the molecule is CCCOc1nc(N)nc(NC(C)COCC)n1. The van der Waals surface area contributed by atoms with Crippen LogP contribution in [0.1, 0.15) is 27.2 Å². The Labute approximate surface area is 107 Å². The van der Waals surface area contributed by atoms with Crippen LogP contribution in [0.15, 0.2) is 0 Å². The molecule has 0 aliphatic rings. The molecule has 0 amide bonds. The van der Waals surface area contributed by atoms with Gasteiger partial charge in [0.1, 0.15) is 0 Å². The first-order valence-electron chi connectivity index (χ1n) is 6.14. The van der Waals surface area contributed by atoms with Crippen molar-refractivity contribution in [2.24, 2.45) is 0 Å². The van der Waals surface area contributed by atoms with E-state index in [9.17, 15) is 0 Å². The van der Waals surface area contributed by atoms with Crippen molar-refractivity contribution in [3.63, 3.8) is 0 Å². The first kappa shape index (κ1) is 14.4. The van der Waals surface area contributed by atoms with E-state index < -0.39 is 0 Å². The van der Waals surface area contributed by atoms with Gasteiger partial charge < -0.3 is 20.5 Å². The van der Waals surface area contributed by atoms with Gasteiger partial charge in [-0.2, -0.15) is 15.0 Å². The van der Waals surface area contributed by atoms with E-state index in [1.165, 1.54) is 0 Å². The molecule has 0 fully saturated rings. The van der Waals surface area contributed by atoms with E-state index in [4.69, 9.17) is 15.2 Å². The van der Waals surface area contributed by atoms with Crippen molar-refractivity contribution in [2.75, 3.05) is 30.9 Å². The van der Waals surface area contributed by atoms with Crippen LogP contribution in [0.3, 0.4) is 0 Å². The molecule has 7 nitrogen and oxygen atoms in total. The van der Waals surface area contributed by atoms with Crippen molar-refractivity contribution in [3.8, 4) is 6.01 Å². The molecule has 0 spiro atoms. The fourth-order valence-electron chi connectivity index (χ4n) is 1.25. The maximum absolute atomic E-state index is 5.59. The third kappa shape index (κ3) is 5.13. The average molecular weight is 255 g/mol. The Morgan fingerprint density at radius 1 is 1.28 bits per heavy atom. The molecule has 0 bridgehead atoms. The fourth-order valence-corrected chi connectivity index (χ4v) is 1.25. The zero-order valence-corrected chi connectivity index (χ0v) is 11.1. The van der Waals surface area contributed by atoms with E-state index in [2.05, 4.69) is 20.3 Å². The number of rotatable bonds is 8. The monoisotopic (exact) mass is 255 g/mol. The number of hydrogen-bond acceptors (Lipinski definition) is 7. The molecular formula is C11H21N5O2. The molecule has 1 atom stereocenters. The molecule has 0 aliphatic carbocycles. The lowest BCUT2D eigenvalue weighted by atomic mass is 10.4. The van der Waals surface area contributed by atoms with E-state index in [0.29, 0.717) is 25.8 Å². The summed E-state index contributed by atoms with van der Waals surface area (Å²) in [5.74, 6) is 0.544. The summed E-state index contributed by atoms with van der Waals surface area (Å²) >= 11 is 0. The van der Waals surface area contributed by atoms with E-state index in [1.54, 1.807) is 0 Å². The van der Waals surface area contributed by atoms with Crippen molar-refractivity contribution in [1.29, 1.82) is 0 Å². The summed E-state index contributed by atoms with van der Waals surface area (Å²) in [6.07, 6.45) is 0.884. The summed E-state index contributed by atoms with van der Waals surface area (Å²) < 4.78 is 10.6. The van der Waals surface area contributed by atoms with Crippen LogP contribution in [0.4, 0.5) is 11.9 Å². The molecule has 0 aliphatic heterocycles. The van der Waals surface area contributed by atoms with Crippen LogP contribution in [0.2, 0.25) is 0 Å². The van der Waals surface area contributed by atoms with Crippen LogP contribution in [0.25, 0.3) is 0 Å². The molecule has 0 aromatic carbocycles. The third-order valence-corrected chi connectivity index (χ3v) is 2.01. The van der Waals surface area contributed by atoms with Crippen LogP contribution < -0.4 is 15.8 Å². The number of ether oxygens (including phenoxy) is 2. The number of anilines is 2. The Balaban J connectivity index is 2.61. The molecule has 7 heteroatoms. The first-order valence-corrected chi connectivity index (χ1v) is 6.14. The molecular weight excluding hydrogens is 234 g/mol. The predicted octanol–water partition coefficient (Wildman–Crippen LogP) is 1.08. The highest BCUT2D eigenvalue weighted by molar-refractivity contribution is 5.33. The van der Waals surface area contributed by atoms with Crippen molar-refractivity contribution >= 4 is 11.9 Å². The molecule has 0 saturated heterocycles. The van der Waals surface area contributed by atoms with Gasteiger partial charge in [0.05, 0.1) is 13.2 Å². The molecule has 102 valence electrons. The van der Waals surface area contributed by atoms with Crippen molar-refractivity contribution in [1.82, 2.24) is 15.0 Å². The second kappa shape index (κ2) is 7.65. The molecule has 1 unspecified atom stereocenters. The highest BCUT2D eigenvalue weighted by Gasteiger charge is 2.08. The lowest BCUT2D eigenvalue weighted by Gasteiger charge is -2.14. The smallest absolute Gasteiger partial charge is 0.323 e. The second-order valence-electron chi connectivity index (χ2n) is 3.85. The van der Waals surface area contributed by atoms with E-state index in [0.717, 1.165) is 6.42 Å². The molecule has 1 heterocycles. The van der Waals surface area contributed by atoms with Gasteiger partial charge in [0, 0.05) is 12.6 Å². The standard InChI is InChI=1S/C11H21N5O2/c1-4-6-18-11-15-9(12)14-10(16-11)13-8(3)7-17-5-2/h8H,4-7H2,1-3H3,(H3,12,13,14,15,16). The highest BCUT2D eigenvalue weighted by atomic mass is 16.5. The summed E-state index contributed by atoms with van der Waals surface area (Å²) in [6, 6.07) is 0.334. The Bertz CT molecular complexity index is 361. The van der Waals surface area contributed by atoms with Gasteiger partial charge in [-0.1, -0.05) is 6.92 Å². The number of nitrogens with two attached hydrogens (primary N) is 1. The molecule has 0 radical (unpaired) electrons. The first-order chi connectivity index (χ1) is 8.65. The van der Waals surface area contributed by atoms with E-state index >= 15 is 0 Å². The fraction of sp³-hybridized carbons (Fsp3) is 0.727. The third-order valence-electron chi connectivity index (χ3n) is 2.01. The van der Waals surface area contributed by atoms with Crippen molar-refractivity contribution < 1.29 is 9.47 Å². The summed E-state index contributed by atoms with van der Waals surface area (Å²) in [4.78, 5) is 12.0. The second-order valence-corrected chi connectivity index (χ2v) is 3.85. The van der Waals surface area contributed by atoms with Gasteiger partial charge in [0.2, 0.25) is 11.9 Å². The minimum atomic E-state index is 0.0887. The molecule has 1 aromatic rings. The van der Waals surface area contributed by atoms with E-state index in [1.807, 2.05) is 20.8 Å². The summed E-state index contributed by atoms with van der Waals surface area (Å²) in [7, 11) is 0. The van der Waals surface area contributed by atoms with Gasteiger partial charge in [0.25, 0.3) is 0 Å². The van der Waals surface area contributed by atoms with E-state index in [-0.39, 0.29) is 18.0 Å². The zero-order chi connectivity index (χ0) is 13.4.